The molecule has 1 aromatic carbocycles. The van der Waals surface area contributed by atoms with Crippen LogP contribution in [-0.4, -0.2) is 36.0 Å². The molecule has 1 aliphatic rings. The van der Waals surface area contributed by atoms with Crippen molar-refractivity contribution >= 4 is 17.3 Å². The summed E-state index contributed by atoms with van der Waals surface area (Å²) in [6.45, 7) is 0.0305. The number of rotatable bonds is 6. The van der Waals surface area contributed by atoms with Crippen LogP contribution in [0.3, 0.4) is 0 Å². The minimum atomic E-state index is -0.448. The van der Waals surface area contributed by atoms with Crippen LogP contribution in [0.4, 0.5) is 0 Å². The highest BCUT2D eigenvalue weighted by molar-refractivity contribution is 7.13. The molecule has 0 atom stereocenters. The van der Waals surface area contributed by atoms with Crippen molar-refractivity contribution in [3.63, 3.8) is 0 Å². The second kappa shape index (κ2) is 7.01. The van der Waals surface area contributed by atoms with Gasteiger partial charge < -0.3 is 4.74 Å². The molecular weight excluding hydrogens is 376 g/mol. The molecule has 4 aromatic rings. The fourth-order valence-electron chi connectivity index (χ4n) is 2.95. The molecule has 0 spiro atoms. The summed E-state index contributed by atoms with van der Waals surface area (Å²) in [5.74, 6) is 0.111. The van der Waals surface area contributed by atoms with Gasteiger partial charge in [0.1, 0.15) is 11.3 Å². The summed E-state index contributed by atoms with van der Waals surface area (Å²) >= 11 is 1.53. The first-order valence-corrected chi connectivity index (χ1v) is 9.80. The Bertz CT molecular complexity index is 1100. The third-order valence-electron chi connectivity index (χ3n) is 4.50. The third-order valence-corrected chi connectivity index (χ3v) is 5.37. The molecule has 9 heteroatoms. The summed E-state index contributed by atoms with van der Waals surface area (Å²) in [5, 5.41) is 18.2. The quantitative estimate of drug-likeness (QED) is 0.468. The highest BCUT2D eigenvalue weighted by Crippen LogP contribution is 2.34. The summed E-state index contributed by atoms with van der Waals surface area (Å²) in [6, 6.07) is 13.9. The average molecular weight is 392 g/mol. The summed E-state index contributed by atoms with van der Waals surface area (Å²) in [7, 11) is 0. The number of carbonyl (C=O) groups is 1. The van der Waals surface area contributed by atoms with Crippen LogP contribution < -0.4 is 0 Å². The van der Waals surface area contributed by atoms with Gasteiger partial charge in [-0.1, -0.05) is 24.3 Å². The standard InChI is InChI=1S/C19H16N6O2S/c26-19(27-12-17-20-22-23-25(17)14-8-9-14)15-11-24(13-5-2-1-3-6-13)21-18(15)16-7-4-10-28-16/h1-7,10-11,14H,8-9,12H2. The second-order valence-corrected chi connectivity index (χ2v) is 7.44. The number of para-hydroxylation sites is 1. The molecule has 0 radical (unpaired) electrons. The predicted octanol–water partition coefficient (Wildman–Crippen LogP) is 3.28. The van der Waals surface area contributed by atoms with Crippen molar-refractivity contribution in [1.82, 2.24) is 30.0 Å². The van der Waals surface area contributed by atoms with E-state index in [0.717, 1.165) is 23.4 Å². The topological polar surface area (TPSA) is 87.7 Å². The maximum atomic E-state index is 12.8. The number of ether oxygens (including phenoxy) is 1. The van der Waals surface area contributed by atoms with Gasteiger partial charge in [-0.25, -0.2) is 14.2 Å². The zero-order chi connectivity index (χ0) is 18.9. The maximum Gasteiger partial charge on any atom is 0.342 e. The van der Waals surface area contributed by atoms with Gasteiger partial charge in [0, 0.05) is 6.20 Å². The van der Waals surface area contributed by atoms with E-state index in [4.69, 9.17) is 4.74 Å². The molecule has 0 amide bonds. The Hall–Kier alpha value is -3.33. The summed E-state index contributed by atoms with van der Waals surface area (Å²) in [6.07, 6.45) is 3.81. The van der Waals surface area contributed by atoms with E-state index in [9.17, 15) is 4.79 Å². The van der Waals surface area contributed by atoms with Crippen LogP contribution in [0, 0.1) is 0 Å². The maximum absolute atomic E-state index is 12.8. The lowest BCUT2D eigenvalue weighted by Crippen LogP contribution is -2.10. The molecule has 0 unspecified atom stereocenters. The molecular formula is C19H16N6O2S. The number of carbonyl (C=O) groups excluding carboxylic acids is 1. The van der Waals surface area contributed by atoms with Crippen molar-refractivity contribution < 1.29 is 9.53 Å². The lowest BCUT2D eigenvalue weighted by atomic mass is 10.2. The van der Waals surface area contributed by atoms with E-state index in [2.05, 4.69) is 20.6 Å². The van der Waals surface area contributed by atoms with Gasteiger partial charge in [-0.3, -0.25) is 0 Å². The number of aromatic nitrogens is 6. The van der Waals surface area contributed by atoms with Crippen LogP contribution in [0.2, 0.25) is 0 Å². The molecule has 140 valence electrons. The van der Waals surface area contributed by atoms with Gasteiger partial charge in [-0.2, -0.15) is 5.10 Å². The molecule has 1 saturated carbocycles. The summed E-state index contributed by atoms with van der Waals surface area (Å²) in [5.41, 5.74) is 1.89. The summed E-state index contributed by atoms with van der Waals surface area (Å²) in [4.78, 5) is 13.8. The van der Waals surface area contributed by atoms with Gasteiger partial charge in [-0.15, -0.1) is 16.4 Å². The fourth-order valence-corrected chi connectivity index (χ4v) is 3.67. The first-order valence-electron chi connectivity index (χ1n) is 8.92. The van der Waals surface area contributed by atoms with E-state index in [-0.39, 0.29) is 6.61 Å². The smallest absolute Gasteiger partial charge is 0.342 e. The lowest BCUT2D eigenvalue weighted by Gasteiger charge is -2.04. The van der Waals surface area contributed by atoms with Gasteiger partial charge in [0.25, 0.3) is 0 Å². The first kappa shape index (κ1) is 16.8. The van der Waals surface area contributed by atoms with Crippen LogP contribution >= 0.6 is 11.3 Å². The van der Waals surface area contributed by atoms with Crippen molar-refractivity contribution in [2.45, 2.75) is 25.5 Å². The van der Waals surface area contributed by atoms with Crippen molar-refractivity contribution in [3.05, 3.63) is 65.4 Å². The predicted molar refractivity (Wildman–Crippen MR) is 102 cm³/mol. The van der Waals surface area contributed by atoms with E-state index in [0.29, 0.717) is 23.1 Å². The number of tetrazole rings is 1. The van der Waals surface area contributed by atoms with Gasteiger partial charge in [0.05, 0.1) is 16.6 Å². The monoisotopic (exact) mass is 392 g/mol. The van der Waals surface area contributed by atoms with E-state index in [1.165, 1.54) is 11.3 Å². The van der Waals surface area contributed by atoms with Crippen LogP contribution in [0.25, 0.3) is 16.3 Å². The van der Waals surface area contributed by atoms with E-state index < -0.39 is 5.97 Å². The number of nitrogens with zero attached hydrogens (tertiary/aromatic N) is 6. The van der Waals surface area contributed by atoms with Gasteiger partial charge in [0.2, 0.25) is 0 Å². The Balaban J connectivity index is 1.43. The summed E-state index contributed by atoms with van der Waals surface area (Å²) < 4.78 is 8.96. The zero-order valence-corrected chi connectivity index (χ0v) is 15.6. The third kappa shape index (κ3) is 3.20. The molecule has 0 N–H and O–H groups in total. The number of benzene rings is 1. The molecule has 1 fully saturated rings. The highest BCUT2D eigenvalue weighted by Gasteiger charge is 2.28. The van der Waals surface area contributed by atoms with E-state index in [1.807, 2.05) is 47.8 Å². The van der Waals surface area contributed by atoms with Gasteiger partial charge >= 0.3 is 5.97 Å². The highest BCUT2D eigenvalue weighted by atomic mass is 32.1. The van der Waals surface area contributed by atoms with Crippen LogP contribution in [-0.2, 0) is 11.3 Å². The van der Waals surface area contributed by atoms with Crippen molar-refractivity contribution in [1.29, 1.82) is 0 Å². The molecule has 0 saturated heterocycles. The minimum Gasteiger partial charge on any atom is -0.454 e. The molecule has 28 heavy (non-hydrogen) atoms. The number of esters is 1. The second-order valence-electron chi connectivity index (χ2n) is 6.50. The van der Waals surface area contributed by atoms with Crippen molar-refractivity contribution in [2.75, 3.05) is 0 Å². The lowest BCUT2D eigenvalue weighted by molar-refractivity contribution is 0.0457. The first-order chi connectivity index (χ1) is 13.8. The SMILES string of the molecule is O=C(OCc1nnnn1C1CC1)c1cn(-c2ccccc2)nc1-c1cccs1. The molecule has 5 rings (SSSR count). The molecule has 0 bridgehead atoms. The van der Waals surface area contributed by atoms with Crippen LogP contribution in [0.15, 0.2) is 54.0 Å². The molecule has 3 heterocycles. The Kier molecular flexibility index (Phi) is 4.21. The number of thiophene rings is 1. The van der Waals surface area contributed by atoms with E-state index >= 15 is 0 Å². The average Bonchev–Trinajstić information content (AvgIpc) is 3.16. The largest absolute Gasteiger partial charge is 0.454 e. The zero-order valence-electron chi connectivity index (χ0n) is 14.8. The normalized spacial score (nSPS) is 13.6. The number of hydrogen-bond donors (Lipinski definition) is 0. The van der Waals surface area contributed by atoms with Crippen molar-refractivity contribution in [3.8, 4) is 16.3 Å². The van der Waals surface area contributed by atoms with Crippen LogP contribution in [0.1, 0.15) is 35.1 Å². The van der Waals surface area contributed by atoms with Crippen LogP contribution in [0.5, 0.6) is 0 Å². The molecule has 0 aliphatic heterocycles. The number of hydrogen-bond acceptors (Lipinski definition) is 7. The van der Waals surface area contributed by atoms with Gasteiger partial charge in [0.15, 0.2) is 12.4 Å². The van der Waals surface area contributed by atoms with Crippen molar-refractivity contribution in [2.24, 2.45) is 0 Å². The Morgan fingerprint density at radius 1 is 1.18 bits per heavy atom. The minimum absolute atomic E-state index is 0.0305. The molecule has 1 aliphatic carbocycles. The van der Waals surface area contributed by atoms with E-state index in [1.54, 1.807) is 15.6 Å². The fraction of sp³-hybridized carbons (Fsp3) is 0.211. The Morgan fingerprint density at radius 3 is 2.79 bits per heavy atom. The Labute approximate surface area is 164 Å². The molecule has 3 aromatic heterocycles. The van der Waals surface area contributed by atoms with Gasteiger partial charge in [-0.05, 0) is 46.8 Å². The Morgan fingerprint density at radius 2 is 2.04 bits per heavy atom. The molecule has 8 nitrogen and oxygen atoms in total.